The molecule has 0 amide bonds. The highest BCUT2D eigenvalue weighted by Gasteiger charge is 2.07. The summed E-state index contributed by atoms with van der Waals surface area (Å²) in [7, 11) is 0. The van der Waals surface area contributed by atoms with Crippen LogP contribution in [0.2, 0.25) is 0 Å². The molecule has 2 N–H and O–H groups in total. The van der Waals surface area contributed by atoms with Gasteiger partial charge in [-0.1, -0.05) is 32.0 Å². The summed E-state index contributed by atoms with van der Waals surface area (Å²) < 4.78 is 5.93. The zero-order valence-electron chi connectivity index (χ0n) is 13.3. The van der Waals surface area contributed by atoms with Gasteiger partial charge in [0.25, 0.3) is 0 Å². The maximum atomic E-state index is 5.93. The molecule has 0 saturated heterocycles. The molecule has 0 aliphatic heterocycles. The molecule has 0 aliphatic carbocycles. The number of hydrogen-bond acceptors (Lipinski definition) is 2. The third-order valence-corrected chi connectivity index (χ3v) is 2.84. The Morgan fingerprint density at radius 1 is 1.14 bits per heavy atom. The number of ether oxygens (including phenoxy) is 1. The van der Waals surface area contributed by atoms with Crippen LogP contribution in [-0.2, 0) is 0 Å². The van der Waals surface area contributed by atoms with Gasteiger partial charge in [-0.3, -0.25) is 0 Å². The van der Waals surface area contributed by atoms with Gasteiger partial charge in [0.2, 0.25) is 0 Å². The van der Waals surface area contributed by atoms with E-state index in [1.54, 1.807) is 0 Å². The van der Waals surface area contributed by atoms with Crippen LogP contribution in [-0.4, -0.2) is 31.7 Å². The lowest BCUT2D eigenvalue weighted by molar-refractivity contribution is 0.205. The molecule has 0 fully saturated rings. The summed E-state index contributed by atoms with van der Waals surface area (Å²) in [6, 6.07) is 9.92. The van der Waals surface area contributed by atoms with Crippen molar-refractivity contribution in [2.45, 2.75) is 39.7 Å². The molecule has 0 saturated carbocycles. The van der Waals surface area contributed by atoms with Crippen LogP contribution in [0.5, 0.6) is 5.75 Å². The Hall–Kier alpha value is -0.980. The van der Waals surface area contributed by atoms with E-state index in [4.69, 9.17) is 4.74 Å². The minimum absolute atomic E-state index is 0. The number of nitrogens with one attached hydrogen (secondary N) is 2. The van der Waals surface area contributed by atoms with Crippen LogP contribution in [0.25, 0.3) is 0 Å². The summed E-state index contributed by atoms with van der Waals surface area (Å²) in [5.41, 5.74) is 0. The Morgan fingerprint density at radius 3 is 2.43 bits per heavy atom. The molecule has 4 nitrogen and oxygen atoms in total. The minimum atomic E-state index is 0. The van der Waals surface area contributed by atoms with Crippen molar-refractivity contribution >= 4 is 29.9 Å². The Balaban J connectivity index is 0.00000400. The van der Waals surface area contributed by atoms with E-state index in [1.807, 2.05) is 30.3 Å². The zero-order valence-corrected chi connectivity index (χ0v) is 15.6. The van der Waals surface area contributed by atoms with Gasteiger partial charge in [-0.2, -0.15) is 0 Å². The highest BCUT2D eigenvalue weighted by molar-refractivity contribution is 14.0. The lowest BCUT2D eigenvalue weighted by atomic mass is 10.2. The molecule has 1 unspecified atom stereocenters. The van der Waals surface area contributed by atoms with Gasteiger partial charge in [0.1, 0.15) is 11.9 Å². The first kappa shape index (κ1) is 20.0. The third-order valence-electron chi connectivity index (χ3n) is 2.84. The van der Waals surface area contributed by atoms with Gasteiger partial charge >= 0.3 is 0 Å². The number of aliphatic imine (C=N–C) groups is 1. The molecule has 0 aromatic heterocycles. The third kappa shape index (κ3) is 8.80. The number of benzene rings is 1. The molecule has 1 aromatic rings. The molecular formula is C16H28IN3O. The topological polar surface area (TPSA) is 45.7 Å². The Labute approximate surface area is 145 Å². The highest BCUT2D eigenvalue weighted by Crippen LogP contribution is 2.12. The Kier molecular flexibility index (Phi) is 12.1. The van der Waals surface area contributed by atoms with Crippen molar-refractivity contribution in [2.24, 2.45) is 4.99 Å². The summed E-state index contributed by atoms with van der Waals surface area (Å²) in [6.45, 7) is 8.79. The van der Waals surface area contributed by atoms with E-state index in [9.17, 15) is 0 Å². The number of rotatable bonds is 8. The van der Waals surface area contributed by atoms with Gasteiger partial charge in [0.15, 0.2) is 5.96 Å². The molecular weight excluding hydrogens is 377 g/mol. The molecule has 0 radical (unpaired) electrons. The van der Waals surface area contributed by atoms with Gasteiger partial charge in [-0.05, 0) is 31.9 Å². The largest absolute Gasteiger partial charge is 0.489 e. The summed E-state index contributed by atoms with van der Waals surface area (Å²) in [5, 5.41) is 6.54. The van der Waals surface area contributed by atoms with Crippen LogP contribution >= 0.6 is 24.0 Å². The van der Waals surface area contributed by atoms with E-state index in [0.29, 0.717) is 6.54 Å². The maximum Gasteiger partial charge on any atom is 0.191 e. The smallest absolute Gasteiger partial charge is 0.191 e. The van der Waals surface area contributed by atoms with E-state index in [1.165, 1.54) is 0 Å². The lowest BCUT2D eigenvalue weighted by Gasteiger charge is -2.17. The number of halogens is 1. The Morgan fingerprint density at radius 2 is 1.86 bits per heavy atom. The summed E-state index contributed by atoms with van der Waals surface area (Å²) >= 11 is 0. The molecule has 120 valence electrons. The standard InChI is InChI=1S/C16H27N3O.HI/c1-4-12-18-16(17-6-3)19-13-14(5-2)20-15-10-8-7-9-11-15;/h7-11,14H,4-6,12-13H2,1-3H3,(H2,17,18,19);1H. The average molecular weight is 405 g/mol. The molecule has 0 bridgehead atoms. The average Bonchev–Trinajstić information content (AvgIpc) is 2.49. The van der Waals surface area contributed by atoms with Gasteiger partial charge in [0, 0.05) is 13.1 Å². The minimum Gasteiger partial charge on any atom is -0.489 e. The summed E-state index contributed by atoms with van der Waals surface area (Å²) in [4.78, 5) is 4.59. The van der Waals surface area contributed by atoms with Gasteiger partial charge in [0.05, 0.1) is 6.54 Å². The molecule has 5 heteroatoms. The van der Waals surface area contributed by atoms with Crippen molar-refractivity contribution < 1.29 is 4.74 Å². The van der Waals surface area contributed by atoms with Crippen LogP contribution < -0.4 is 15.4 Å². The van der Waals surface area contributed by atoms with Crippen LogP contribution in [0.3, 0.4) is 0 Å². The fourth-order valence-corrected chi connectivity index (χ4v) is 1.72. The first-order valence-electron chi connectivity index (χ1n) is 7.54. The van der Waals surface area contributed by atoms with Crippen LogP contribution in [0.1, 0.15) is 33.6 Å². The second kappa shape index (κ2) is 12.7. The van der Waals surface area contributed by atoms with Crippen molar-refractivity contribution in [3.8, 4) is 5.75 Å². The normalized spacial score (nSPS) is 12.2. The summed E-state index contributed by atoms with van der Waals surface area (Å²) in [5.74, 6) is 1.77. The number of guanidine groups is 1. The van der Waals surface area contributed by atoms with E-state index in [0.717, 1.165) is 37.6 Å². The van der Waals surface area contributed by atoms with E-state index in [-0.39, 0.29) is 30.1 Å². The predicted molar refractivity (Wildman–Crippen MR) is 101 cm³/mol. The second-order valence-electron chi connectivity index (χ2n) is 4.61. The fraction of sp³-hybridized carbons (Fsp3) is 0.562. The van der Waals surface area contributed by atoms with E-state index < -0.39 is 0 Å². The maximum absolute atomic E-state index is 5.93. The molecule has 0 aliphatic rings. The van der Waals surface area contributed by atoms with Crippen molar-refractivity contribution in [1.29, 1.82) is 0 Å². The SMILES string of the molecule is CCCNC(=NCC(CC)Oc1ccccc1)NCC.I. The molecule has 1 aromatic carbocycles. The van der Waals surface area contributed by atoms with E-state index >= 15 is 0 Å². The lowest BCUT2D eigenvalue weighted by Crippen LogP contribution is -2.38. The van der Waals surface area contributed by atoms with Crippen LogP contribution in [0.15, 0.2) is 35.3 Å². The van der Waals surface area contributed by atoms with Gasteiger partial charge in [-0.15, -0.1) is 24.0 Å². The number of nitrogens with zero attached hydrogens (tertiary/aromatic N) is 1. The fourth-order valence-electron chi connectivity index (χ4n) is 1.72. The van der Waals surface area contributed by atoms with Crippen molar-refractivity contribution in [3.63, 3.8) is 0 Å². The molecule has 0 spiro atoms. The van der Waals surface area contributed by atoms with Crippen molar-refractivity contribution in [2.75, 3.05) is 19.6 Å². The first-order chi connectivity index (χ1) is 9.80. The van der Waals surface area contributed by atoms with Crippen LogP contribution in [0.4, 0.5) is 0 Å². The first-order valence-corrected chi connectivity index (χ1v) is 7.54. The van der Waals surface area contributed by atoms with Crippen LogP contribution in [0, 0.1) is 0 Å². The van der Waals surface area contributed by atoms with Gasteiger partial charge < -0.3 is 15.4 Å². The van der Waals surface area contributed by atoms with Gasteiger partial charge in [-0.25, -0.2) is 4.99 Å². The monoisotopic (exact) mass is 405 g/mol. The summed E-state index contributed by atoms with van der Waals surface area (Å²) in [6.07, 6.45) is 2.13. The van der Waals surface area contributed by atoms with Crippen molar-refractivity contribution in [1.82, 2.24) is 10.6 Å². The molecule has 0 heterocycles. The Bertz CT molecular complexity index is 384. The highest BCUT2D eigenvalue weighted by atomic mass is 127. The number of hydrogen-bond donors (Lipinski definition) is 2. The molecule has 1 atom stereocenters. The second-order valence-corrected chi connectivity index (χ2v) is 4.61. The zero-order chi connectivity index (χ0) is 14.6. The number of para-hydroxylation sites is 1. The molecule has 21 heavy (non-hydrogen) atoms. The molecule has 1 rings (SSSR count). The predicted octanol–water partition coefficient (Wildman–Crippen LogP) is 3.43. The quantitative estimate of drug-likeness (QED) is 0.396. The van der Waals surface area contributed by atoms with E-state index in [2.05, 4.69) is 36.4 Å². The van der Waals surface area contributed by atoms with Crippen molar-refractivity contribution in [3.05, 3.63) is 30.3 Å².